The third-order valence-corrected chi connectivity index (χ3v) is 3.89. The van der Waals surface area contributed by atoms with Crippen LogP contribution in [0.25, 0.3) is 0 Å². The molecule has 2 atom stereocenters. The highest BCUT2D eigenvalue weighted by Crippen LogP contribution is 2.23. The molecule has 112 valence electrons. The highest BCUT2D eigenvalue weighted by molar-refractivity contribution is 6.31. The summed E-state index contributed by atoms with van der Waals surface area (Å²) < 4.78 is 5.61. The second-order valence-electron chi connectivity index (χ2n) is 4.79. The molecule has 0 spiro atoms. The molecule has 4 N–H and O–H groups in total. The van der Waals surface area contributed by atoms with Gasteiger partial charge in [0.25, 0.3) is 0 Å². The molecule has 2 unspecified atom stereocenters. The Bertz CT molecular complexity index is 540. The number of benzene rings is 2. The van der Waals surface area contributed by atoms with Gasteiger partial charge in [0.2, 0.25) is 0 Å². The van der Waals surface area contributed by atoms with Gasteiger partial charge in [-0.3, -0.25) is 0 Å². The molecule has 0 fully saturated rings. The molecular weight excluding hydrogens is 307 g/mol. The third-order valence-electron chi connectivity index (χ3n) is 3.20. The molecule has 0 radical (unpaired) electrons. The number of nitrogens with two attached hydrogens (primary N) is 2. The molecule has 0 saturated heterocycles. The molecular formula is C16H18Cl2N2O. The maximum absolute atomic E-state index is 6.10. The maximum atomic E-state index is 6.10. The van der Waals surface area contributed by atoms with Crippen molar-refractivity contribution in [3.8, 4) is 0 Å². The van der Waals surface area contributed by atoms with Crippen LogP contribution < -0.4 is 11.5 Å². The third kappa shape index (κ3) is 4.43. The van der Waals surface area contributed by atoms with Gasteiger partial charge < -0.3 is 16.2 Å². The molecule has 0 amide bonds. The first-order valence-corrected chi connectivity index (χ1v) is 7.43. The monoisotopic (exact) mass is 324 g/mol. The summed E-state index contributed by atoms with van der Waals surface area (Å²) in [5.74, 6) is 0. The van der Waals surface area contributed by atoms with E-state index in [1.807, 2.05) is 48.5 Å². The van der Waals surface area contributed by atoms with Crippen molar-refractivity contribution in [3.63, 3.8) is 0 Å². The Hall–Kier alpha value is -1.10. The summed E-state index contributed by atoms with van der Waals surface area (Å²) in [5, 5.41) is 1.29. The molecule has 0 aliphatic heterocycles. The van der Waals surface area contributed by atoms with Crippen LogP contribution in [0.5, 0.6) is 0 Å². The molecule has 2 aromatic carbocycles. The van der Waals surface area contributed by atoms with Crippen LogP contribution in [0.4, 0.5) is 0 Å². The molecule has 0 aliphatic carbocycles. The van der Waals surface area contributed by atoms with Crippen LogP contribution in [-0.4, -0.2) is 13.2 Å². The summed E-state index contributed by atoms with van der Waals surface area (Å²) in [4.78, 5) is 0. The van der Waals surface area contributed by atoms with Gasteiger partial charge in [0, 0.05) is 10.0 Å². The average Bonchev–Trinajstić information content (AvgIpc) is 2.48. The molecule has 2 aromatic rings. The van der Waals surface area contributed by atoms with E-state index in [4.69, 9.17) is 39.4 Å². The molecule has 0 bridgehead atoms. The smallest absolute Gasteiger partial charge is 0.0660 e. The molecule has 21 heavy (non-hydrogen) atoms. The number of hydrogen-bond donors (Lipinski definition) is 2. The SMILES string of the molecule is NC(COCC(N)c1ccccc1Cl)c1ccccc1Cl. The fraction of sp³-hybridized carbons (Fsp3) is 0.250. The zero-order valence-corrected chi connectivity index (χ0v) is 13.0. The van der Waals surface area contributed by atoms with Gasteiger partial charge in [-0.05, 0) is 23.3 Å². The molecule has 0 saturated carbocycles. The van der Waals surface area contributed by atoms with E-state index >= 15 is 0 Å². The van der Waals surface area contributed by atoms with Crippen LogP contribution in [0, 0.1) is 0 Å². The summed E-state index contributed by atoms with van der Waals surface area (Å²) in [6.45, 7) is 0.698. The summed E-state index contributed by atoms with van der Waals surface area (Å²) in [6.07, 6.45) is 0. The van der Waals surface area contributed by atoms with Crippen molar-refractivity contribution in [2.24, 2.45) is 11.5 Å². The molecule has 0 heterocycles. The van der Waals surface area contributed by atoms with Gasteiger partial charge in [-0.1, -0.05) is 59.6 Å². The highest BCUT2D eigenvalue weighted by Gasteiger charge is 2.13. The van der Waals surface area contributed by atoms with E-state index in [1.54, 1.807) is 0 Å². The van der Waals surface area contributed by atoms with E-state index in [0.717, 1.165) is 11.1 Å². The lowest BCUT2D eigenvalue weighted by molar-refractivity contribution is 0.109. The minimum absolute atomic E-state index is 0.280. The zero-order valence-electron chi connectivity index (χ0n) is 11.5. The van der Waals surface area contributed by atoms with Crippen LogP contribution in [-0.2, 0) is 4.74 Å². The van der Waals surface area contributed by atoms with Crippen LogP contribution in [0.3, 0.4) is 0 Å². The molecule has 2 rings (SSSR count). The fourth-order valence-corrected chi connectivity index (χ4v) is 2.60. The quantitative estimate of drug-likeness (QED) is 0.851. The van der Waals surface area contributed by atoms with E-state index in [9.17, 15) is 0 Å². The normalized spacial score (nSPS) is 13.9. The number of hydrogen-bond acceptors (Lipinski definition) is 3. The number of halogens is 2. The fourth-order valence-electron chi connectivity index (χ4n) is 2.05. The van der Waals surface area contributed by atoms with Gasteiger partial charge in [-0.25, -0.2) is 0 Å². The van der Waals surface area contributed by atoms with Crippen LogP contribution in [0.15, 0.2) is 48.5 Å². The average molecular weight is 325 g/mol. The Balaban J connectivity index is 1.87. The van der Waals surface area contributed by atoms with E-state index in [2.05, 4.69) is 0 Å². The number of rotatable bonds is 6. The van der Waals surface area contributed by atoms with Crippen LogP contribution in [0.2, 0.25) is 10.0 Å². The second-order valence-corrected chi connectivity index (χ2v) is 5.61. The van der Waals surface area contributed by atoms with Gasteiger partial charge >= 0.3 is 0 Å². The van der Waals surface area contributed by atoms with Crippen LogP contribution in [0.1, 0.15) is 23.2 Å². The largest absolute Gasteiger partial charge is 0.378 e. The topological polar surface area (TPSA) is 61.3 Å². The Morgan fingerprint density at radius 1 is 0.762 bits per heavy atom. The highest BCUT2D eigenvalue weighted by atomic mass is 35.5. The summed E-state index contributed by atoms with van der Waals surface area (Å²) in [5.41, 5.74) is 13.9. The van der Waals surface area contributed by atoms with Crippen molar-refractivity contribution < 1.29 is 4.74 Å². The van der Waals surface area contributed by atoms with Gasteiger partial charge in [-0.15, -0.1) is 0 Å². The lowest BCUT2D eigenvalue weighted by Crippen LogP contribution is -2.22. The molecule has 0 aromatic heterocycles. The second kappa shape index (κ2) is 7.78. The van der Waals surface area contributed by atoms with Gasteiger partial charge in [0.15, 0.2) is 0 Å². The van der Waals surface area contributed by atoms with Crippen molar-refractivity contribution in [1.82, 2.24) is 0 Å². The summed E-state index contributed by atoms with van der Waals surface area (Å²) >= 11 is 12.2. The first-order valence-electron chi connectivity index (χ1n) is 6.67. The van der Waals surface area contributed by atoms with Crippen molar-refractivity contribution >= 4 is 23.2 Å². The van der Waals surface area contributed by atoms with E-state index in [-0.39, 0.29) is 12.1 Å². The molecule has 5 heteroatoms. The van der Waals surface area contributed by atoms with Crippen molar-refractivity contribution in [2.45, 2.75) is 12.1 Å². The Labute approximate surface area is 134 Å². The standard InChI is InChI=1S/C16H18Cl2N2O/c17-13-7-3-1-5-11(13)15(19)9-21-10-16(20)12-6-2-4-8-14(12)18/h1-8,15-16H,9-10,19-20H2. The minimum atomic E-state index is -0.280. The Morgan fingerprint density at radius 2 is 1.14 bits per heavy atom. The van der Waals surface area contributed by atoms with E-state index in [1.165, 1.54) is 0 Å². The number of ether oxygens (including phenoxy) is 1. The van der Waals surface area contributed by atoms with E-state index in [0.29, 0.717) is 23.3 Å². The predicted octanol–water partition coefficient (Wildman–Crippen LogP) is 3.71. The summed E-state index contributed by atoms with van der Waals surface area (Å²) in [7, 11) is 0. The van der Waals surface area contributed by atoms with Gasteiger partial charge in [0.1, 0.15) is 0 Å². The molecule has 3 nitrogen and oxygen atoms in total. The van der Waals surface area contributed by atoms with Crippen LogP contribution >= 0.6 is 23.2 Å². The lowest BCUT2D eigenvalue weighted by Gasteiger charge is -2.17. The summed E-state index contributed by atoms with van der Waals surface area (Å²) in [6, 6.07) is 14.4. The predicted molar refractivity (Wildman–Crippen MR) is 87.6 cm³/mol. The lowest BCUT2D eigenvalue weighted by atomic mass is 10.1. The Morgan fingerprint density at radius 3 is 1.52 bits per heavy atom. The zero-order chi connectivity index (χ0) is 15.2. The first kappa shape index (κ1) is 16.3. The Kier molecular flexibility index (Phi) is 6.03. The van der Waals surface area contributed by atoms with E-state index < -0.39 is 0 Å². The van der Waals surface area contributed by atoms with Crippen molar-refractivity contribution in [2.75, 3.05) is 13.2 Å². The van der Waals surface area contributed by atoms with Gasteiger partial charge in [-0.2, -0.15) is 0 Å². The van der Waals surface area contributed by atoms with Crippen molar-refractivity contribution in [3.05, 3.63) is 69.7 Å². The van der Waals surface area contributed by atoms with Crippen molar-refractivity contribution in [1.29, 1.82) is 0 Å². The first-order chi connectivity index (χ1) is 10.1. The molecule has 0 aliphatic rings. The van der Waals surface area contributed by atoms with Gasteiger partial charge in [0.05, 0.1) is 25.3 Å². The maximum Gasteiger partial charge on any atom is 0.0660 e. The minimum Gasteiger partial charge on any atom is -0.378 e.